The van der Waals surface area contributed by atoms with E-state index < -0.39 is 5.97 Å². The van der Waals surface area contributed by atoms with Crippen molar-refractivity contribution in [1.29, 1.82) is 0 Å². The molecule has 5 nitrogen and oxygen atoms in total. The first kappa shape index (κ1) is 13.3. The number of oxazole rings is 1. The molecular formula is C14H16N2O3. The van der Waals surface area contributed by atoms with Crippen LogP contribution in [0.15, 0.2) is 29.1 Å². The molecule has 0 spiro atoms. The van der Waals surface area contributed by atoms with Gasteiger partial charge in [-0.15, -0.1) is 0 Å². The summed E-state index contributed by atoms with van der Waals surface area (Å²) in [6.45, 7) is 6.05. The molecule has 0 aliphatic heterocycles. The zero-order valence-electron chi connectivity index (χ0n) is 11.2. The minimum Gasteiger partial charge on any atom is -0.481 e. The SMILES string of the molecule is CC(C)(C)c1ncc(-c2cncc(CC(=O)O)c2)o1. The monoisotopic (exact) mass is 260 g/mol. The van der Waals surface area contributed by atoms with Gasteiger partial charge in [-0.3, -0.25) is 9.78 Å². The molecule has 0 aromatic carbocycles. The molecule has 0 bridgehead atoms. The summed E-state index contributed by atoms with van der Waals surface area (Å²) in [6.07, 6.45) is 4.76. The summed E-state index contributed by atoms with van der Waals surface area (Å²) in [4.78, 5) is 19.0. The number of nitrogens with zero attached hydrogens (tertiary/aromatic N) is 2. The normalized spacial score (nSPS) is 11.5. The highest BCUT2D eigenvalue weighted by molar-refractivity contribution is 5.71. The van der Waals surface area contributed by atoms with Crippen LogP contribution in [0.4, 0.5) is 0 Å². The first-order valence-electron chi connectivity index (χ1n) is 5.98. The van der Waals surface area contributed by atoms with Gasteiger partial charge in [0.25, 0.3) is 0 Å². The molecule has 0 radical (unpaired) electrons. The average Bonchev–Trinajstić information content (AvgIpc) is 2.77. The van der Waals surface area contributed by atoms with E-state index in [2.05, 4.69) is 9.97 Å². The molecule has 0 atom stereocenters. The number of carboxylic acid groups (broad SMARTS) is 1. The Bertz CT molecular complexity index is 597. The summed E-state index contributed by atoms with van der Waals surface area (Å²) < 4.78 is 5.70. The van der Waals surface area contributed by atoms with Crippen LogP contribution in [0, 0.1) is 0 Å². The van der Waals surface area contributed by atoms with Gasteiger partial charge in [0.05, 0.1) is 12.6 Å². The molecule has 0 aliphatic carbocycles. The van der Waals surface area contributed by atoms with E-state index in [-0.39, 0.29) is 11.8 Å². The summed E-state index contributed by atoms with van der Waals surface area (Å²) >= 11 is 0. The molecule has 19 heavy (non-hydrogen) atoms. The number of hydrogen-bond donors (Lipinski definition) is 1. The van der Waals surface area contributed by atoms with Crippen molar-refractivity contribution in [1.82, 2.24) is 9.97 Å². The van der Waals surface area contributed by atoms with Gasteiger partial charge in [0.2, 0.25) is 0 Å². The van der Waals surface area contributed by atoms with Gasteiger partial charge in [-0.2, -0.15) is 0 Å². The maximum Gasteiger partial charge on any atom is 0.307 e. The number of hydrogen-bond acceptors (Lipinski definition) is 4. The van der Waals surface area contributed by atoms with Gasteiger partial charge >= 0.3 is 5.97 Å². The van der Waals surface area contributed by atoms with Crippen LogP contribution in [-0.2, 0) is 16.6 Å². The van der Waals surface area contributed by atoms with Crippen molar-refractivity contribution in [3.63, 3.8) is 0 Å². The summed E-state index contributed by atoms with van der Waals surface area (Å²) in [7, 11) is 0. The molecule has 0 amide bonds. The molecule has 1 N–H and O–H groups in total. The largest absolute Gasteiger partial charge is 0.481 e. The summed E-state index contributed by atoms with van der Waals surface area (Å²) in [5, 5.41) is 8.78. The van der Waals surface area contributed by atoms with Crippen LogP contribution < -0.4 is 0 Å². The molecule has 0 saturated heterocycles. The van der Waals surface area contributed by atoms with Crippen molar-refractivity contribution in [2.24, 2.45) is 0 Å². The molecule has 2 rings (SSSR count). The molecule has 0 unspecified atom stereocenters. The molecule has 0 saturated carbocycles. The van der Waals surface area contributed by atoms with E-state index in [1.165, 1.54) is 0 Å². The molecule has 2 heterocycles. The average molecular weight is 260 g/mol. The lowest BCUT2D eigenvalue weighted by molar-refractivity contribution is -0.136. The fraction of sp³-hybridized carbons (Fsp3) is 0.357. The van der Waals surface area contributed by atoms with Crippen LogP contribution in [0.2, 0.25) is 0 Å². The van der Waals surface area contributed by atoms with Crippen LogP contribution in [0.1, 0.15) is 32.2 Å². The summed E-state index contributed by atoms with van der Waals surface area (Å²) in [5.41, 5.74) is 1.21. The highest BCUT2D eigenvalue weighted by atomic mass is 16.4. The van der Waals surface area contributed by atoms with Crippen molar-refractivity contribution >= 4 is 5.97 Å². The van der Waals surface area contributed by atoms with Gasteiger partial charge in [-0.05, 0) is 11.6 Å². The third-order valence-electron chi connectivity index (χ3n) is 2.58. The Kier molecular flexibility index (Phi) is 3.38. The second-order valence-corrected chi connectivity index (χ2v) is 5.43. The Morgan fingerprint density at radius 1 is 1.32 bits per heavy atom. The summed E-state index contributed by atoms with van der Waals surface area (Å²) in [5.74, 6) is 0.364. The molecule has 0 aliphatic rings. The van der Waals surface area contributed by atoms with E-state index in [1.54, 1.807) is 24.7 Å². The van der Waals surface area contributed by atoms with Crippen LogP contribution in [0.3, 0.4) is 0 Å². The van der Waals surface area contributed by atoms with Gasteiger partial charge in [-0.1, -0.05) is 20.8 Å². The number of aliphatic carboxylic acids is 1. The standard InChI is InChI=1S/C14H16N2O3/c1-14(2,3)13-16-8-11(19-13)10-4-9(5-12(17)18)6-15-7-10/h4,6-8H,5H2,1-3H3,(H,17,18). The van der Waals surface area contributed by atoms with E-state index in [0.29, 0.717) is 17.2 Å². The zero-order chi connectivity index (χ0) is 14.0. The molecule has 2 aromatic heterocycles. The molecule has 100 valence electrons. The predicted octanol–water partition coefficient (Wildman–Crippen LogP) is 2.66. The van der Waals surface area contributed by atoms with Crippen molar-refractivity contribution in [2.75, 3.05) is 0 Å². The van der Waals surface area contributed by atoms with Crippen molar-refractivity contribution in [3.05, 3.63) is 36.1 Å². The predicted molar refractivity (Wildman–Crippen MR) is 69.8 cm³/mol. The Morgan fingerprint density at radius 2 is 2.05 bits per heavy atom. The minimum absolute atomic E-state index is 0.0545. The number of pyridine rings is 1. The fourth-order valence-corrected chi connectivity index (χ4v) is 1.65. The van der Waals surface area contributed by atoms with Crippen LogP contribution in [0.5, 0.6) is 0 Å². The topological polar surface area (TPSA) is 76.2 Å². The maximum absolute atomic E-state index is 10.7. The minimum atomic E-state index is -0.882. The Balaban J connectivity index is 2.31. The van der Waals surface area contributed by atoms with Gasteiger partial charge in [0.1, 0.15) is 0 Å². The Labute approximate surface area is 111 Å². The number of rotatable bonds is 3. The van der Waals surface area contributed by atoms with Crippen molar-refractivity contribution in [3.8, 4) is 11.3 Å². The first-order valence-corrected chi connectivity index (χ1v) is 5.98. The van der Waals surface area contributed by atoms with Gasteiger partial charge < -0.3 is 9.52 Å². The smallest absolute Gasteiger partial charge is 0.307 e. The third-order valence-corrected chi connectivity index (χ3v) is 2.58. The number of aromatic nitrogens is 2. The number of carboxylic acids is 1. The van der Waals surface area contributed by atoms with Crippen LogP contribution in [-0.4, -0.2) is 21.0 Å². The van der Waals surface area contributed by atoms with Gasteiger partial charge in [0, 0.05) is 23.4 Å². The lowest BCUT2D eigenvalue weighted by atomic mass is 9.97. The van der Waals surface area contributed by atoms with Crippen LogP contribution in [0.25, 0.3) is 11.3 Å². The number of carbonyl (C=O) groups is 1. The second-order valence-electron chi connectivity index (χ2n) is 5.43. The second kappa shape index (κ2) is 4.84. The Morgan fingerprint density at radius 3 is 2.63 bits per heavy atom. The van der Waals surface area contributed by atoms with Gasteiger partial charge in [-0.25, -0.2) is 4.98 Å². The fourth-order valence-electron chi connectivity index (χ4n) is 1.65. The highest BCUT2D eigenvalue weighted by Gasteiger charge is 2.20. The van der Waals surface area contributed by atoms with Crippen molar-refractivity contribution < 1.29 is 14.3 Å². The van der Waals surface area contributed by atoms with Crippen LogP contribution >= 0.6 is 0 Å². The van der Waals surface area contributed by atoms with E-state index in [0.717, 1.165) is 5.56 Å². The molecular weight excluding hydrogens is 244 g/mol. The molecule has 2 aromatic rings. The molecule has 0 fully saturated rings. The van der Waals surface area contributed by atoms with E-state index in [9.17, 15) is 4.79 Å². The lowest BCUT2D eigenvalue weighted by Crippen LogP contribution is -2.10. The summed E-state index contributed by atoms with van der Waals surface area (Å²) in [6, 6.07) is 1.76. The molecule has 5 heteroatoms. The van der Waals surface area contributed by atoms with Gasteiger partial charge in [0.15, 0.2) is 11.7 Å². The first-order chi connectivity index (χ1) is 8.86. The third kappa shape index (κ3) is 3.19. The van der Waals surface area contributed by atoms with E-state index in [4.69, 9.17) is 9.52 Å². The lowest BCUT2D eigenvalue weighted by Gasteiger charge is -2.12. The zero-order valence-corrected chi connectivity index (χ0v) is 11.2. The van der Waals surface area contributed by atoms with E-state index in [1.807, 2.05) is 20.8 Å². The maximum atomic E-state index is 10.7. The quantitative estimate of drug-likeness (QED) is 0.918. The van der Waals surface area contributed by atoms with Crippen molar-refractivity contribution in [2.45, 2.75) is 32.6 Å². The van der Waals surface area contributed by atoms with E-state index >= 15 is 0 Å². The highest BCUT2D eigenvalue weighted by Crippen LogP contribution is 2.27. The Hall–Kier alpha value is -2.17.